The van der Waals surface area contributed by atoms with Gasteiger partial charge in [0.2, 0.25) is 5.91 Å². The lowest BCUT2D eigenvalue weighted by Crippen LogP contribution is -2.45. The molecule has 71 heavy (non-hydrogen) atoms. The van der Waals surface area contributed by atoms with Gasteiger partial charge in [0.25, 0.3) is 0 Å². The quantitative estimate of drug-likeness (QED) is 0.0417. The van der Waals surface area contributed by atoms with Crippen molar-refractivity contribution < 1.29 is 24.5 Å². The Labute approximate surface area is 445 Å². The molecule has 6 nitrogen and oxygen atoms in total. The largest absolute Gasteiger partial charge is 0.466 e. The van der Waals surface area contributed by atoms with Gasteiger partial charge in [-0.25, -0.2) is 0 Å². The number of amides is 1. The maximum atomic E-state index is 12.5. The van der Waals surface area contributed by atoms with Crippen LogP contribution < -0.4 is 5.32 Å². The van der Waals surface area contributed by atoms with Crippen LogP contribution in [0.4, 0.5) is 0 Å². The fourth-order valence-corrected chi connectivity index (χ4v) is 10.6. The van der Waals surface area contributed by atoms with Gasteiger partial charge in [-0.1, -0.05) is 341 Å². The Bertz CT molecular complexity index is 1020. The summed E-state index contributed by atoms with van der Waals surface area (Å²) < 4.78 is 5.51. The summed E-state index contributed by atoms with van der Waals surface area (Å²) in [7, 11) is 0. The van der Waals surface area contributed by atoms with Crippen molar-refractivity contribution in [3.63, 3.8) is 0 Å². The molecular weight excluding hydrogens is 875 g/mol. The molecular formula is C65H129NO5. The number of hydrogen-bond acceptors (Lipinski definition) is 5. The molecule has 2 unspecified atom stereocenters. The Hall–Kier alpha value is -1.14. The zero-order valence-electron chi connectivity index (χ0n) is 48.5. The lowest BCUT2D eigenvalue weighted by atomic mass is 10.0. The summed E-state index contributed by atoms with van der Waals surface area (Å²) in [5.41, 5.74) is 0. The van der Waals surface area contributed by atoms with E-state index < -0.39 is 12.1 Å². The Morgan fingerprint density at radius 3 is 0.859 bits per heavy atom. The Balaban J connectivity index is 3.36. The van der Waals surface area contributed by atoms with Crippen LogP contribution in [0.15, 0.2) is 0 Å². The first-order valence-electron chi connectivity index (χ1n) is 32.8. The summed E-state index contributed by atoms with van der Waals surface area (Å²) in [5.74, 6) is -0.0188. The molecule has 2 atom stereocenters. The lowest BCUT2D eigenvalue weighted by molar-refractivity contribution is -0.143. The van der Waals surface area contributed by atoms with Crippen molar-refractivity contribution in [3.8, 4) is 0 Å². The molecule has 0 aromatic rings. The molecule has 0 saturated carbocycles. The van der Waals surface area contributed by atoms with E-state index in [2.05, 4.69) is 19.2 Å². The molecule has 0 fully saturated rings. The Morgan fingerprint density at radius 2 is 0.577 bits per heavy atom. The van der Waals surface area contributed by atoms with Gasteiger partial charge in [0.05, 0.1) is 25.4 Å². The van der Waals surface area contributed by atoms with Crippen LogP contribution in [-0.4, -0.2) is 47.4 Å². The minimum atomic E-state index is -0.665. The van der Waals surface area contributed by atoms with Gasteiger partial charge in [0.1, 0.15) is 0 Å². The van der Waals surface area contributed by atoms with E-state index in [-0.39, 0.29) is 18.5 Å². The smallest absolute Gasteiger partial charge is 0.305 e. The molecule has 0 spiro atoms. The first kappa shape index (κ1) is 69.9. The van der Waals surface area contributed by atoms with Crippen molar-refractivity contribution in [1.29, 1.82) is 0 Å². The summed E-state index contributed by atoms with van der Waals surface area (Å²) in [6.07, 6.45) is 72.6. The number of aliphatic hydroxyl groups excluding tert-OH is 2. The second-order valence-electron chi connectivity index (χ2n) is 22.8. The highest BCUT2D eigenvalue weighted by Gasteiger charge is 2.20. The third kappa shape index (κ3) is 58.0. The molecule has 0 bridgehead atoms. The molecule has 1 amide bonds. The van der Waals surface area contributed by atoms with Gasteiger partial charge in [-0.15, -0.1) is 0 Å². The van der Waals surface area contributed by atoms with Crippen LogP contribution in [0, 0.1) is 0 Å². The Kier molecular flexibility index (Phi) is 60.4. The summed E-state index contributed by atoms with van der Waals surface area (Å²) in [6.45, 7) is 4.99. The SMILES string of the molecule is CCCCCCCCCCCCCCCCCCCCCC(=O)OCCCCCCCCCCCCCCCCCCCCCC(=O)NC(CO)C(O)CCCCCCCCCCCCCCCCCC. The average molecular weight is 1000 g/mol. The fraction of sp³-hybridized carbons (Fsp3) is 0.969. The number of ether oxygens (including phenoxy) is 1. The fourth-order valence-electron chi connectivity index (χ4n) is 10.6. The first-order valence-corrected chi connectivity index (χ1v) is 32.8. The van der Waals surface area contributed by atoms with Crippen LogP contribution in [0.2, 0.25) is 0 Å². The number of aliphatic hydroxyl groups is 2. The summed E-state index contributed by atoms with van der Waals surface area (Å²) in [4.78, 5) is 24.6. The van der Waals surface area contributed by atoms with E-state index in [1.165, 1.54) is 308 Å². The highest BCUT2D eigenvalue weighted by Crippen LogP contribution is 2.19. The summed E-state index contributed by atoms with van der Waals surface area (Å²) in [6, 6.07) is -0.542. The third-order valence-electron chi connectivity index (χ3n) is 15.7. The molecule has 0 heterocycles. The van der Waals surface area contributed by atoms with Gasteiger partial charge in [0, 0.05) is 12.8 Å². The van der Waals surface area contributed by atoms with Crippen molar-refractivity contribution >= 4 is 11.9 Å². The summed E-state index contributed by atoms with van der Waals surface area (Å²) in [5, 5.41) is 23.3. The van der Waals surface area contributed by atoms with Crippen LogP contribution in [0.3, 0.4) is 0 Å². The van der Waals surface area contributed by atoms with E-state index in [0.29, 0.717) is 25.9 Å². The maximum absolute atomic E-state index is 12.5. The number of hydrogen-bond donors (Lipinski definition) is 3. The molecule has 6 heteroatoms. The van der Waals surface area contributed by atoms with Crippen molar-refractivity contribution in [1.82, 2.24) is 5.32 Å². The van der Waals surface area contributed by atoms with Gasteiger partial charge in [-0.05, 0) is 25.7 Å². The standard InChI is InChI=1S/C65H129NO5/c1-3-5-7-9-11-13-15-17-19-21-23-27-31-35-39-43-47-51-55-59-65(70)71-60-56-52-48-44-40-36-32-28-25-22-24-26-30-34-38-42-46-50-54-58-64(69)66-62(61-67)63(68)57-53-49-45-41-37-33-29-20-18-16-14-12-10-8-6-4-2/h62-63,67-68H,3-61H2,1-2H3,(H,66,69). The molecule has 424 valence electrons. The number of unbranched alkanes of at least 4 members (excludes halogenated alkanes) is 51. The highest BCUT2D eigenvalue weighted by atomic mass is 16.5. The molecule has 0 saturated heterocycles. The third-order valence-corrected chi connectivity index (χ3v) is 15.7. The van der Waals surface area contributed by atoms with Gasteiger partial charge >= 0.3 is 5.97 Å². The lowest BCUT2D eigenvalue weighted by Gasteiger charge is -2.22. The minimum absolute atomic E-state index is 0.0152. The van der Waals surface area contributed by atoms with Crippen molar-refractivity contribution in [2.45, 2.75) is 392 Å². The highest BCUT2D eigenvalue weighted by molar-refractivity contribution is 5.76. The number of carbonyl (C=O) groups is 2. The molecule has 0 radical (unpaired) electrons. The van der Waals surface area contributed by atoms with E-state index in [0.717, 1.165) is 38.5 Å². The van der Waals surface area contributed by atoms with Gasteiger partial charge in [-0.2, -0.15) is 0 Å². The molecule has 0 aliphatic rings. The van der Waals surface area contributed by atoms with Crippen LogP contribution >= 0.6 is 0 Å². The predicted molar refractivity (Wildman–Crippen MR) is 310 cm³/mol. The van der Waals surface area contributed by atoms with E-state index in [1.807, 2.05) is 0 Å². The van der Waals surface area contributed by atoms with Crippen molar-refractivity contribution in [3.05, 3.63) is 0 Å². The molecule has 0 rings (SSSR count). The van der Waals surface area contributed by atoms with E-state index in [1.54, 1.807) is 0 Å². The monoisotopic (exact) mass is 1000 g/mol. The zero-order chi connectivity index (χ0) is 51.4. The van der Waals surface area contributed by atoms with Gasteiger partial charge in [-0.3, -0.25) is 9.59 Å². The number of carbonyl (C=O) groups excluding carboxylic acids is 2. The molecule has 0 aliphatic carbocycles. The topological polar surface area (TPSA) is 95.9 Å². The number of esters is 1. The van der Waals surface area contributed by atoms with E-state index in [9.17, 15) is 19.8 Å². The van der Waals surface area contributed by atoms with Crippen LogP contribution in [0.1, 0.15) is 380 Å². The van der Waals surface area contributed by atoms with Crippen molar-refractivity contribution in [2.24, 2.45) is 0 Å². The average Bonchev–Trinajstić information content (AvgIpc) is 3.37. The number of rotatable bonds is 62. The summed E-state index contributed by atoms with van der Waals surface area (Å²) >= 11 is 0. The zero-order valence-corrected chi connectivity index (χ0v) is 48.5. The van der Waals surface area contributed by atoms with Crippen LogP contribution in [-0.2, 0) is 14.3 Å². The van der Waals surface area contributed by atoms with Gasteiger partial charge in [0.15, 0.2) is 0 Å². The minimum Gasteiger partial charge on any atom is -0.466 e. The van der Waals surface area contributed by atoms with Crippen molar-refractivity contribution in [2.75, 3.05) is 13.2 Å². The van der Waals surface area contributed by atoms with Crippen LogP contribution in [0.5, 0.6) is 0 Å². The first-order chi connectivity index (χ1) is 35.0. The van der Waals surface area contributed by atoms with Crippen LogP contribution in [0.25, 0.3) is 0 Å². The van der Waals surface area contributed by atoms with E-state index in [4.69, 9.17) is 4.74 Å². The molecule has 0 aromatic heterocycles. The molecule has 0 aliphatic heterocycles. The second kappa shape index (κ2) is 61.4. The predicted octanol–water partition coefficient (Wildman–Crippen LogP) is 20.6. The normalized spacial score (nSPS) is 12.5. The van der Waals surface area contributed by atoms with E-state index >= 15 is 0 Å². The molecule has 3 N–H and O–H groups in total. The second-order valence-corrected chi connectivity index (χ2v) is 22.8. The maximum Gasteiger partial charge on any atom is 0.305 e. The Morgan fingerprint density at radius 1 is 0.338 bits per heavy atom. The molecule has 0 aromatic carbocycles. The number of nitrogens with one attached hydrogen (secondary N) is 1. The van der Waals surface area contributed by atoms with Gasteiger partial charge < -0.3 is 20.3 Å².